The lowest BCUT2D eigenvalue weighted by molar-refractivity contribution is 0.417. The van der Waals surface area contributed by atoms with Crippen molar-refractivity contribution in [3.8, 4) is 0 Å². The van der Waals surface area contributed by atoms with Crippen LogP contribution in [0, 0.1) is 0 Å². The van der Waals surface area contributed by atoms with Gasteiger partial charge >= 0.3 is 0 Å². The molecule has 2 unspecified atom stereocenters. The number of hydrogen-bond acceptors (Lipinski definition) is 2. The molecule has 1 heterocycles. The van der Waals surface area contributed by atoms with Crippen LogP contribution >= 0.6 is 11.6 Å². The van der Waals surface area contributed by atoms with Crippen LogP contribution < -0.4 is 5.32 Å². The molecule has 1 aromatic heterocycles. The van der Waals surface area contributed by atoms with E-state index in [0.29, 0.717) is 18.0 Å². The van der Waals surface area contributed by atoms with E-state index in [-0.39, 0.29) is 0 Å². The highest BCUT2D eigenvalue weighted by molar-refractivity contribution is 6.31. The second kappa shape index (κ2) is 6.41. The van der Waals surface area contributed by atoms with Crippen LogP contribution in [0.4, 0.5) is 0 Å². The maximum atomic E-state index is 6.25. The molecule has 3 nitrogen and oxygen atoms in total. The lowest BCUT2D eigenvalue weighted by Crippen LogP contribution is -2.36. The largest absolute Gasteiger partial charge is 0.311 e. The van der Waals surface area contributed by atoms with Crippen molar-refractivity contribution in [1.29, 1.82) is 0 Å². The van der Waals surface area contributed by atoms with Crippen LogP contribution in [0.2, 0.25) is 5.02 Å². The van der Waals surface area contributed by atoms with E-state index in [0.717, 1.165) is 23.7 Å². The third-order valence-electron chi connectivity index (χ3n) is 3.05. The van der Waals surface area contributed by atoms with Crippen molar-refractivity contribution in [3.63, 3.8) is 0 Å². The lowest BCUT2D eigenvalue weighted by atomic mass is 9.99. The SMILES string of the molecule is CCCn1ncc(Cl)c1C(C)C(C)NC(C)C. The summed E-state index contributed by atoms with van der Waals surface area (Å²) in [5.74, 6) is 0.360. The van der Waals surface area contributed by atoms with Crippen LogP contribution in [0.25, 0.3) is 0 Å². The van der Waals surface area contributed by atoms with Gasteiger partial charge in [-0.2, -0.15) is 5.10 Å². The van der Waals surface area contributed by atoms with Gasteiger partial charge in [0.1, 0.15) is 0 Å². The molecular weight excluding hydrogens is 234 g/mol. The Bertz CT molecular complexity index is 346. The summed E-state index contributed by atoms with van der Waals surface area (Å²) in [6, 6.07) is 0.869. The van der Waals surface area contributed by atoms with Crippen molar-refractivity contribution in [2.24, 2.45) is 0 Å². The van der Waals surface area contributed by atoms with Crippen LogP contribution in [0.1, 0.15) is 52.7 Å². The molecule has 0 spiro atoms. The Morgan fingerprint density at radius 3 is 2.53 bits per heavy atom. The zero-order chi connectivity index (χ0) is 13.0. The van der Waals surface area contributed by atoms with Crippen molar-refractivity contribution in [1.82, 2.24) is 15.1 Å². The molecule has 0 bridgehead atoms. The molecule has 0 saturated heterocycles. The minimum Gasteiger partial charge on any atom is -0.311 e. The monoisotopic (exact) mass is 257 g/mol. The van der Waals surface area contributed by atoms with E-state index in [1.54, 1.807) is 6.20 Å². The van der Waals surface area contributed by atoms with Gasteiger partial charge in [0.25, 0.3) is 0 Å². The molecular formula is C13H24ClN3. The number of aromatic nitrogens is 2. The first-order chi connectivity index (χ1) is 7.97. The van der Waals surface area contributed by atoms with Gasteiger partial charge in [0.05, 0.1) is 16.9 Å². The van der Waals surface area contributed by atoms with Crippen molar-refractivity contribution in [3.05, 3.63) is 16.9 Å². The Morgan fingerprint density at radius 2 is 2.00 bits per heavy atom. The molecule has 0 saturated carbocycles. The van der Waals surface area contributed by atoms with Gasteiger partial charge in [0.15, 0.2) is 0 Å². The summed E-state index contributed by atoms with van der Waals surface area (Å²) >= 11 is 6.25. The summed E-state index contributed by atoms with van der Waals surface area (Å²) in [6.07, 6.45) is 2.83. The third kappa shape index (κ3) is 3.71. The number of nitrogens with one attached hydrogen (secondary N) is 1. The maximum Gasteiger partial charge on any atom is 0.0821 e. The summed E-state index contributed by atoms with van der Waals surface area (Å²) in [5, 5.41) is 8.65. The standard InChI is InChI=1S/C13H24ClN3/c1-6-7-17-13(12(14)8-15-17)10(4)11(5)16-9(2)3/h8-11,16H,6-7H2,1-5H3. The van der Waals surface area contributed by atoms with Gasteiger partial charge in [-0.25, -0.2) is 0 Å². The second-order valence-corrected chi connectivity index (χ2v) is 5.41. The second-order valence-electron chi connectivity index (χ2n) is 5.00. The third-order valence-corrected chi connectivity index (χ3v) is 3.34. The molecule has 0 radical (unpaired) electrons. The summed E-state index contributed by atoms with van der Waals surface area (Å²) in [7, 11) is 0. The van der Waals surface area contributed by atoms with Crippen LogP contribution in [0.15, 0.2) is 6.20 Å². The molecule has 98 valence electrons. The van der Waals surface area contributed by atoms with Gasteiger partial charge in [0, 0.05) is 24.5 Å². The molecule has 0 aromatic carbocycles. The molecule has 2 atom stereocenters. The van der Waals surface area contributed by atoms with E-state index in [4.69, 9.17) is 11.6 Å². The van der Waals surface area contributed by atoms with Gasteiger partial charge in [0.2, 0.25) is 0 Å². The number of halogens is 1. The maximum absolute atomic E-state index is 6.25. The Kier molecular flexibility index (Phi) is 5.47. The van der Waals surface area contributed by atoms with Gasteiger partial charge in [-0.05, 0) is 13.3 Å². The van der Waals surface area contributed by atoms with Crippen LogP contribution in [0.5, 0.6) is 0 Å². The number of aryl methyl sites for hydroxylation is 1. The van der Waals surface area contributed by atoms with Crippen LogP contribution in [-0.2, 0) is 6.54 Å². The summed E-state index contributed by atoms with van der Waals surface area (Å²) in [4.78, 5) is 0. The van der Waals surface area contributed by atoms with Gasteiger partial charge < -0.3 is 5.32 Å². The predicted octanol–water partition coefficient (Wildman–Crippen LogP) is 3.44. The molecule has 0 aliphatic carbocycles. The van der Waals surface area contributed by atoms with Crippen molar-refractivity contribution in [2.75, 3.05) is 0 Å². The van der Waals surface area contributed by atoms with Gasteiger partial charge in [-0.1, -0.05) is 39.3 Å². The minimum absolute atomic E-state index is 0.360. The zero-order valence-electron chi connectivity index (χ0n) is 11.5. The Morgan fingerprint density at radius 1 is 1.35 bits per heavy atom. The molecule has 0 aliphatic rings. The zero-order valence-corrected chi connectivity index (χ0v) is 12.3. The summed E-state index contributed by atoms with van der Waals surface area (Å²) in [5.41, 5.74) is 1.15. The van der Waals surface area contributed by atoms with Gasteiger partial charge in [-0.15, -0.1) is 0 Å². The Hall–Kier alpha value is -0.540. The van der Waals surface area contributed by atoms with E-state index >= 15 is 0 Å². The van der Waals surface area contributed by atoms with Crippen molar-refractivity contribution >= 4 is 11.6 Å². The number of nitrogens with zero attached hydrogens (tertiary/aromatic N) is 2. The van der Waals surface area contributed by atoms with E-state index < -0.39 is 0 Å². The fourth-order valence-corrected chi connectivity index (χ4v) is 2.43. The smallest absolute Gasteiger partial charge is 0.0821 e. The molecule has 17 heavy (non-hydrogen) atoms. The van der Waals surface area contributed by atoms with E-state index in [1.165, 1.54) is 0 Å². The molecule has 0 fully saturated rings. The first kappa shape index (κ1) is 14.5. The first-order valence-corrected chi connectivity index (χ1v) is 6.82. The average Bonchev–Trinajstić information content (AvgIpc) is 2.58. The van der Waals surface area contributed by atoms with E-state index in [9.17, 15) is 0 Å². The van der Waals surface area contributed by atoms with Crippen molar-refractivity contribution < 1.29 is 0 Å². The van der Waals surface area contributed by atoms with Crippen LogP contribution in [0.3, 0.4) is 0 Å². The van der Waals surface area contributed by atoms with Crippen LogP contribution in [-0.4, -0.2) is 21.9 Å². The normalized spacial score (nSPS) is 15.2. The van der Waals surface area contributed by atoms with Crippen molar-refractivity contribution in [2.45, 2.75) is 65.6 Å². The lowest BCUT2D eigenvalue weighted by Gasteiger charge is -2.24. The molecule has 1 rings (SSSR count). The Labute approximate surface area is 110 Å². The van der Waals surface area contributed by atoms with E-state index in [1.807, 2.05) is 4.68 Å². The summed E-state index contributed by atoms with van der Waals surface area (Å²) < 4.78 is 2.03. The Balaban J connectivity index is 2.86. The fraction of sp³-hybridized carbons (Fsp3) is 0.769. The predicted molar refractivity (Wildman–Crippen MR) is 73.7 cm³/mol. The van der Waals surface area contributed by atoms with E-state index in [2.05, 4.69) is 45.0 Å². The highest BCUT2D eigenvalue weighted by Crippen LogP contribution is 2.27. The number of rotatable bonds is 6. The molecule has 0 aliphatic heterocycles. The molecule has 0 amide bonds. The topological polar surface area (TPSA) is 29.9 Å². The highest BCUT2D eigenvalue weighted by Gasteiger charge is 2.21. The number of hydrogen-bond donors (Lipinski definition) is 1. The molecule has 1 aromatic rings. The van der Waals surface area contributed by atoms with Gasteiger partial charge in [-0.3, -0.25) is 4.68 Å². The summed E-state index contributed by atoms with van der Waals surface area (Å²) in [6.45, 7) is 11.8. The molecule has 4 heteroatoms. The first-order valence-electron chi connectivity index (χ1n) is 6.44. The average molecular weight is 258 g/mol. The fourth-order valence-electron chi connectivity index (χ4n) is 2.12. The highest BCUT2D eigenvalue weighted by atomic mass is 35.5. The quantitative estimate of drug-likeness (QED) is 0.846. The minimum atomic E-state index is 0.360. The molecule has 1 N–H and O–H groups in total.